The van der Waals surface area contributed by atoms with Gasteiger partial charge in [-0.25, -0.2) is 9.97 Å². The van der Waals surface area contributed by atoms with E-state index in [2.05, 4.69) is 73.8 Å². The van der Waals surface area contributed by atoms with E-state index in [4.69, 9.17) is 14.7 Å². The first-order valence-corrected chi connectivity index (χ1v) is 16.7. The molecule has 0 atom stereocenters. The third kappa shape index (κ3) is 4.40. The molecule has 0 unspecified atom stereocenters. The minimum Gasteiger partial charge on any atom is -0.379 e. The molecule has 1 aliphatic carbocycles. The summed E-state index contributed by atoms with van der Waals surface area (Å²) in [7, 11) is -1.82. The smallest absolute Gasteiger partial charge is 0.163 e. The Morgan fingerprint density at radius 1 is 1.09 bits per heavy atom. The summed E-state index contributed by atoms with van der Waals surface area (Å²) in [5, 5.41) is 4.80. The highest BCUT2D eigenvalue weighted by atomic mass is 32.1. The minimum absolute atomic E-state index is 0.229. The first kappa shape index (κ1) is 24.2. The van der Waals surface area contributed by atoms with Crippen LogP contribution in [0.1, 0.15) is 63.6 Å². The van der Waals surface area contributed by atoms with Crippen LogP contribution in [0.25, 0.3) is 21.6 Å². The van der Waals surface area contributed by atoms with Crippen molar-refractivity contribution < 1.29 is 4.74 Å². The van der Waals surface area contributed by atoms with Crippen molar-refractivity contribution in [3.05, 3.63) is 35.1 Å². The van der Waals surface area contributed by atoms with E-state index >= 15 is 0 Å². The number of aromatic nitrogens is 3. The van der Waals surface area contributed by atoms with Gasteiger partial charge in [0.2, 0.25) is 0 Å². The molecule has 1 saturated heterocycles. The molecule has 0 N–H and O–H groups in total. The zero-order valence-electron chi connectivity index (χ0n) is 21.7. The van der Waals surface area contributed by atoms with E-state index in [1.165, 1.54) is 42.2 Å². The van der Waals surface area contributed by atoms with E-state index in [-0.39, 0.29) is 5.04 Å². The number of pyridine rings is 1. The largest absolute Gasteiger partial charge is 0.379 e. The van der Waals surface area contributed by atoms with Crippen LogP contribution in [0.4, 0.5) is 0 Å². The van der Waals surface area contributed by atoms with Crippen LogP contribution in [0, 0.1) is 6.92 Å². The molecule has 0 bridgehead atoms. The molecule has 5 rings (SSSR count). The first-order valence-electron chi connectivity index (χ1n) is 12.9. The quantitative estimate of drug-likeness (QED) is 0.378. The molecule has 5 nitrogen and oxygen atoms in total. The Labute approximate surface area is 209 Å². The van der Waals surface area contributed by atoms with Gasteiger partial charge in [0.05, 0.1) is 13.2 Å². The van der Waals surface area contributed by atoms with Crippen LogP contribution in [0.5, 0.6) is 0 Å². The molecule has 0 radical (unpaired) electrons. The lowest BCUT2D eigenvalue weighted by Gasteiger charge is -2.39. The standard InChI is InChI=1S/C27H40N4OSSi/c1-19-18-33-26(29-19)24-17-31(34(5,6)27(2,3)4)25-23(24)15-21(16-28-25)20-7-9-22(10-8-20)30-11-13-32-14-12-30/h15-18,20,22H,7-14H2,1-6H3. The van der Waals surface area contributed by atoms with Gasteiger partial charge in [-0.05, 0) is 55.2 Å². The Morgan fingerprint density at radius 2 is 1.79 bits per heavy atom. The van der Waals surface area contributed by atoms with Gasteiger partial charge in [-0.15, -0.1) is 11.3 Å². The van der Waals surface area contributed by atoms with E-state index in [0.29, 0.717) is 5.92 Å². The number of ether oxygens (including phenoxy) is 1. The van der Waals surface area contributed by atoms with Crippen molar-refractivity contribution >= 4 is 30.6 Å². The fraction of sp³-hybridized carbons (Fsp3) is 0.630. The molecule has 7 heteroatoms. The van der Waals surface area contributed by atoms with E-state index in [9.17, 15) is 0 Å². The predicted octanol–water partition coefficient (Wildman–Crippen LogP) is 6.68. The SMILES string of the molecule is Cc1csc(-c2cn([Si](C)(C)C(C)(C)C)c3ncc(C4CCC(N5CCOCC5)CC4)cc23)n1. The summed E-state index contributed by atoms with van der Waals surface area (Å²) < 4.78 is 8.10. The van der Waals surface area contributed by atoms with Gasteiger partial charge in [0, 0.05) is 53.5 Å². The summed E-state index contributed by atoms with van der Waals surface area (Å²) in [4.78, 5) is 12.7. The molecule has 2 fully saturated rings. The van der Waals surface area contributed by atoms with Crippen molar-refractivity contribution in [2.45, 2.75) is 83.5 Å². The Balaban J connectivity index is 1.48. The van der Waals surface area contributed by atoms with Crippen LogP contribution in [-0.4, -0.2) is 59.7 Å². The van der Waals surface area contributed by atoms with Crippen molar-refractivity contribution in [2.75, 3.05) is 26.3 Å². The third-order valence-electron chi connectivity index (χ3n) is 8.68. The van der Waals surface area contributed by atoms with Crippen LogP contribution in [-0.2, 0) is 4.74 Å². The molecule has 34 heavy (non-hydrogen) atoms. The highest BCUT2D eigenvalue weighted by Crippen LogP contribution is 2.43. The first-order chi connectivity index (χ1) is 16.1. The van der Waals surface area contributed by atoms with Crippen molar-refractivity contribution in [1.29, 1.82) is 0 Å². The average molecular weight is 497 g/mol. The fourth-order valence-electron chi connectivity index (χ4n) is 5.50. The highest BCUT2D eigenvalue weighted by Gasteiger charge is 2.39. The fourth-order valence-corrected chi connectivity index (χ4v) is 8.20. The van der Waals surface area contributed by atoms with Gasteiger partial charge in [-0.2, -0.15) is 0 Å². The zero-order valence-corrected chi connectivity index (χ0v) is 23.5. The van der Waals surface area contributed by atoms with E-state index in [1.807, 2.05) is 0 Å². The Bertz CT molecular complexity index is 1150. The third-order valence-corrected chi connectivity index (χ3v) is 14.9. The Hall–Kier alpha value is -1.54. The lowest BCUT2D eigenvalue weighted by molar-refractivity contribution is 0.00729. The summed E-state index contributed by atoms with van der Waals surface area (Å²) in [6, 6.07) is 3.18. The number of fused-ring (bicyclic) bond motifs is 1. The number of aryl methyl sites for hydroxylation is 1. The number of hydrogen-bond donors (Lipinski definition) is 0. The molecule has 1 aliphatic heterocycles. The molecule has 1 saturated carbocycles. The molecule has 0 amide bonds. The molecular formula is C27H40N4OSSi. The maximum Gasteiger partial charge on any atom is 0.163 e. The number of thiazole rings is 1. The van der Waals surface area contributed by atoms with Crippen LogP contribution in [0.3, 0.4) is 0 Å². The van der Waals surface area contributed by atoms with Crippen molar-refractivity contribution in [3.63, 3.8) is 0 Å². The molecule has 0 aromatic carbocycles. The number of nitrogens with zero attached hydrogens (tertiary/aromatic N) is 4. The summed E-state index contributed by atoms with van der Waals surface area (Å²) in [5.41, 5.74) is 4.91. The van der Waals surface area contributed by atoms with Gasteiger partial charge in [-0.1, -0.05) is 33.9 Å². The predicted molar refractivity (Wildman–Crippen MR) is 146 cm³/mol. The van der Waals surface area contributed by atoms with Crippen LogP contribution in [0.2, 0.25) is 18.1 Å². The molecule has 0 spiro atoms. The Morgan fingerprint density at radius 3 is 2.41 bits per heavy atom. The second kappa shape index (κ2) is 9.15. The lowest BCUT2D eigenvalue weighted by atomic mass is 9.81. The maximum absolute atomic E-state index is 5.56. The molecule has 3 aromatic heterocycles. The van der Waals surface area contributed by atoms with Crippen LogP contribution in [0.15, 0.2) is 23.8 Å². The van der Waals surface area contributed by atoms with Crippen LogP contribution >= 0.6 is 11.3 Å². The normalized spacial score (nSPS) is 23.0. The summed E-state index contributed by atoms with van der Waals surface area (Å²) in [6.07, 6.45) is 9.63. The highest BCUT2D eigenvalue weighted by molar-refractivity contribution is 7.13. The van der Waals surface area contributed by atoms with Gasteiger partial charge < -0.3 is 8.97 Å². The van der Waals surface area contributed by atoms with Crippen molar-refractivity contribution in [2.24, 2.45) is 0 Å². The zero-order chi connectivity index (χ0) is 24.1. The molecule has 4 heterocycles. The maximum atomic E-state index is 5.56. The summed E-state index contributed by atoms with van der Waals surface area (Å²) in [5.74, 6) is 0.608. The van der Waals surface area contributed by atoms with Gasteiger partial charge in [0.25, 0.3) is 0 Å². The number of hydrogen-bond acceptors (Lipinski definition) is 5. The minimum atomic E-state index is -1.82. The van der Waals surface area contributed by atoms with Gasteiger partial charge in [0.15, 0.2) is 8.24 Å². The Kier molecular flexibility index (Phi) is 6.51. The topological polar surface area (TPSA) is 43.2 Å². The van der Waals surface area contributed by atoms with Gasteiger partial charge >= 0.3 is 0 Å². The number of rotatable bonds is 4. The number of morpholine rings is 1. The van der Waals surface area contributed by atoms with E-state index in [1.54, 1.807) is 11.3 Å². The molecule has 184 valence electrons. The van der Waals surface area contributed by atoms with Crippen LogP contribution < -0.4 is 0 Å². The van der Waals surface area contributed by atoms with Gasteiger partial charge in [0.1, 0.15) is 10.7 Å². The lowest BCUT2D eigenvalue weighted by Crippen LogP contribution is -2.45. The van der Waals surface area contributed by atoms with E-state index < -0.39 is 8.24 Å². The van der Waals surface area contributed by atoms with Crippen molar-refractivity contribution in [3.8, 4) is 10.6 Å². The molecule has 3 aromatic rings. The molecule has 2 aliphatic rings. The van der Waals surface area contributed by atoms with E-state index in [0.717, 1.165) is 48.7 Å². The summed E-state index contributed by atoms with van der Waals surface area (Å²) >= 11 is 1.75. The summed E-state index contributed by atoms with van der Waals surface area (Å²) in [6.45, 7) is 18.1. The van der Waals surface area contributed by atoms with Crippen molar-refractivity contribution in [1.82, 2.24) is 19.1 Å². The monoisotopic (exact) mass is 496 g/mol. The second-order valence-corrected chi connectivity index (χ2v) is 17.8. The molecular weight excluding hydrogens is 456 g/mol. The van der Waals surface area contributed by atoms with Gasteiger partial charge in [-0.3, -0.25) is 4.90 Å². The average Bonchev–Trinajstić information content (AvgIpc) is 3.42. The second-order valence-electron chi connectivity index (χ2n) is 11.8.